The molecule has 0 spiro atoms. The molecule has 21 heavy (non-hydrogen) atoms. The highest BCUT2D eigenvalue weighted by molar-refractivity contribution is 6.31. The fourth-order valence-corrected chi connectivity index (χ4v) is 2.80. The van der Waals surface area contributed by atoms with Gasteiger partial charge in [-0.05, 0) is 31.2 Å². The summed E-state index contributed by atoms with van der Waals surface area (Å²) in [7, 11) is 0. The van der Waals surface area contributed by atoms with Gasteiger partial charge in [-0.1, -0.05) is 11.6 Å². The zero-order valence-electron chi connectivity index (χ0n) is 11.3. The number of hydrogen-bond donors (Lipinski definition) is 2. The second-order valence-electron chi connectivity index (χ2n) is 5.18. The van der Waals surface area contributed by atoms with Crippen molar-refractivity contribution in [2.45, 2.75) is 19.1 Å². The van der Waals surface area contributed by atoms with E-state index in [1.54, 1.807) is 29.1 Å². The average molecular weight is 330 g/mol. The zero-order valence-corrected chi connectivity index (χ0v) is 12.9. The van der Waals surface area contributed by atoms with Gasteiger partial charge in [0, 0.05) is 24.0 Å². The molecule has 1 fully saturated rings. The van der Waals surface area contributed by atoms with Gasteiger partial charge in [-0.3, -0.25) is 9.36 Å². The van der Waals surface area contributed by atoms with Crippen LogP contribution in [-0.2, 0) is 6.54 Å². The number of piperidine rings is 1. The Kier molecular flexibility index (Phi) is 5.22. The molecule has 1 aliphatic heterocycles. The van der Waals surface area contributed by atoms with E-state index >= 15 is 0 Å². The minimum absolute atomic E-state index is 0. The maximum Gasteiger partial charge on any atom is 0.261 e. The molecule has 114 valence electrons. The number of benzene rings is 1. The zero-order chi connectivity index (χ0) is 14.1. The number of halogens is 2. The largest absolute Gasteiger partial charge is 0.391 e. The van der Waals surface area contributed by atoms with Crippen LogP contribution in [0.5, 0.6) is 0 Å². The molecule has 0 amide bonds. The van der Waals surface area contributed by atoms with E-state index in [9.17, 15) is 9.90 Å². The quantitative estimate of drug-likeness (QED) is 0.874. The molecule has 7 heteroatoms. The lowest BCUT2D eigenvalue weighted by molar-refractivity contribution is 0.0717. The van der Waals surface area contributed by atoms with Crippen molar-refractivity contribution in [3.05, 3.63) is 39.9 Å². The van der Waals surface area contributed by atoms with Crippen molar-refractivity contribution in [3.63, 3.8) is 0 Å². The highest BCUT2D eigenvalue weighted by atomic mass is 35.5. The van der Waals surface area contributed by atoms with Crippen molar-refractivity contribution in [1.29, 1.82) is 0 Å². The average Bonchev–Trinajstić information content (AvgIpc) is 2.45. The van der Waals surface area contributed by atoms with Crippen LogP contribution in [0.1, 0.15) is 6.42 Å². The number of β-amino-alcohol motifs (C(OH)–C–C–N with tert-alkyl or cyclic N) is 1. The van der Waals surface area contributed by atoms with E-state index in [2.05, 4.69) is 10.3 Å². The molecule has 3 rings (SSSR count). The summed E-state index contributed by atoms with van der Waals surface area (Å²) in [6.07, 6.45) is 1.97. The van der Waals surface area contributed by atoms with Crippen LogP contribution in [-0.4, -0.2) is 33.9 Å². The van der Waals surface area contributed by atoms with Crippen LogP contribution in [0.4, 0.5) is 0 Å². The Morgan fingerprint density at radius 3 is 3.05 bits per heavy atom. The molecule has 1 saturated heterocycles. The van der Waals surface area contributed by atoms with Crippen molar-refractivity contribution < 1.29 is 5.11 Å². The smallest absolute Gasteiger partial charge is 0.261 e. The van der Waals surface area contributed by atoms with Crippen LogP contribution in [0.2, 0.25) is 5.02 Å². The maximum atomic E-state index is 12.4. The Morgan fingerprint density at radius 2 is 2.29 bits per heavy atom. The minimum atomic E-state index is -0.425. The Bertz CT molecular complexity index is 689. The summed E-state index contributed by atoms with van der Waals surface area (Å²) in [5.41, 5.74) is 0.532. The number of aliphatic hydroxyl groups is 1. The van der Waals surface area contributed by atoms with E-state index in [-0.39, 0.29) is 23.9 Å². The summed E-state index contributed by atoms with van der Waals surface area (Å²) in [5.74, 6) is 0.0763. The van der Waals surface area contributed by atoms with Crippen LogP contribution in [0.25, 0.3) is 10.9 Å². The van der Waals surface area contributed by atoms with E-state index in [4.69, 9.17) is 11.6 Å². The number of hydrogen-bond acceptors (Lipinski definition) is 4. The minimum Gasteiger partial charge on any atom is -0.391 e. The molecule has 2 N–H and O–H groups in total. The molecule has 2 heterocycles. The van der Waals surface area contributed by atoms with Crippen LogP contribution >= 0.6 is 24.0 Å². The Hall–Kier alpha value is -1.14. The van der Waals surface area contributed by atoms with Gasteiger partial charge >= 0.3 is 0 Å². The highest BCUT2D eigenvalue weighted by Gasteiger charge is 2.23. The van der Waals surface area contributed by atoms with E-state index in [0.29, 0.717) is 29.0 Å². The van der Waals surface area contributed by atoms with E-state index < -0.39 is 6.10 Å². The Labute approximate surface area is 133 Å². The van der Waals surface area contributed by atoms with Gasteiger partial charge in [0.25, 0.3) is 5.56 Å². The number of aromatic nitrogens is 2. The molecule has 0 saturated carbocycles. The lowest BCUT2D eigenvalue weighted by atomic mass is 9.95. The molecule has 5 nitrogen and oxygen atoms in total. The predicted octanol–water partition coefficient (Wildman–Crippen LogP) is 1.44. The number of nitrogens with one attached hydrogen (secondary N) is 1. The highest BCUT2D eigenvalue weighted by Crippen LogP contribution is 2.17. The molecule has 1 aromatic heterocycles. The molecular formula is C14H17Cl2N3O2. The first-order valence-electron chi connectivity index (χ1n) is 6.68. The van der Waals surface area contributed by atoms with Crippen LogP contribution < -0.4 is 10.9 Å². The third-order valence-corrected chi connectivity index (χ3v) is 4.04. The second-order valence-corrected chi connectivity index (χ2v) is 5.62. The van der Waals surface area contributed by atoms with Gasteiger partial charge < -0.3 is 10.4 Å². The summed E-state index contributed by atoms with van der Waals surface area (Å²) >= 11 is 5.93. The number of aliphatic hydroxyl groups excluding tert-OH is 1. The van der Waals surface area contributed by atoms with Gasteiger partial charge in [0.15, 0.2) is 0 Å². The van der Waals surface area contributed by atoms with E-state index in [0.717, 1.165) is 13.0 Å². The van der Waals surface area contributed by atoms with Crippen molar-refractivity contribution in [3.8, 4) is 0 Å². The molecule has 1 aliphatic rings. The van der Waals surface area contributed by atoms with Gasteiger partial charge in [-0.15, -0.1) is 12.4 Å². The predicted molar refractivity (Wildman–Crippen MR) is 85.2 cm³/mol. The molecule has 1 aromatic carbocycles. The number of nitrogens with zero attached hydrogens (tertiary/aromatic N) is 2. The normalized spacial score (nSPS) is 22.0. The molecule has 0 unspecified atom stereocenters. The van der Waals surface area contributed by atoms with Gasteiger partial charge in [-0.2, -0.15) is 0 Å². The van der Waals surface area contributed by atoms with Crippen molar-refractivity contribution >= 4 is 34.9 Å². The SMILES string of the molecule is Cl.O=c1c2cc(Cl)ccc2ncn1C[C@@H]1CCNC[C@H]1O. The van der Waals surface area contributed by atoms with E-state index in [1.807, 2.05) is 0 Å². The van der Waals surface area contributed by atoms with Gasteiger partial charge in [0.1, 0.15) is 0 Å². The molecular weight excluding hydrogens is 313 g/mol. The number of rotatable bonds is 2. The first kappa shape index (κ1) is 16.2. The van der Waals surface area contributed by atoms with Crippen molar-refractivity contribution in [1.82, 2.24) is 14.9 Å². The topological polar surface area (TPSA) is 67.2 Å². The summed E-state index contributed by atoms with van der Waals surface area (Å²) in [5, 5.41) is 14.1. The van der Waals surface area contributed by atoms with Gasteiger partial charge in [-0.25, -0.2) is 4.98 Å². The third-order valence-electron chi connectivity index (χ3n) is 3.81. The van der Waals surface area contributed by atoms with E-state index in [1.165, 1.54) is 0 Å². The summed E-state index contributed by atoms with van der Waals surface area (Å²) in [4.78, 5) is 16.7. The summed E-state index contributed by atoms with van der Waals surface area (Å²) in [6.45, 7) is 1.92. The maximum absolute atomic E-state index is 12.4. The fraction of sp³-hybridized carbons (Fsp3) is 0.429. The third kappa shape index (κ3) is 3.37. The van der Waals surface area contributed by atoms with Gasteiger partial charge in [0.05, 0.1) is 23.3 Å². The lowest BCUT2D eigenvalue weighted by Gasteiger charge is -2.28. The first-order valence-corrected chi connectivity index (χ1v) is 7.06. The number of fused-ring (bicyclic) bond motifs is 1. The van der Waals surface area contributed by atoms with Crippen LogP contribution in [0.3, 0.4) is 0 Å². The Morgan fingerprint density at radius 1 is 1.48 bits per heavy atom. The molecule has 0 bridgehead atoms. The molecule has 0 radical (unpaired) electrons. The fourth-order valence-electron chi connectivity index (χ4n) is 2.62. The van der Waals surface area contributed by atoms with Crippen LogP contribution in [0, 0.1) is 5.92 Å². The Balaban J connectivity index is 0.00000161. The summed E-state index contributed by atoms with van der Waals surface area (Å²) < 4.78 is 1.57. The molecule has 0 aliphatic carbocycles. The van der Waals surface area contributed by atoms with Crippen LogP contribution in [0.15, 0.2) is 29.3 Å². The molecule has 2 aromatic rings. The monoisotopic (exact) mass is 329 g/mol. The second kappa shape index (κ2) is 6.75. The van der Waals surface area contributed by atoms with Crippen molar-refractivity contribution in [2.75, 3.05) is 13.1 Å². The van der Waals surface area contributed by atoms with Crippen molar-refractivity contribution in [2.24, 2.45) is 5.92 Å². The molecule has 2 atom stereocenters. The summed E-state index contributed by atoms with van der Waals surface area (Å²) in [6, 6.07) is 5.10. The van der Waals surface area contributed by atoms with Gasteiger partial charge in [0.2, 0.25) is 0 Å². The lowest BCUT2D eigenvalue weighted by Crippen LogP contribution is -2.43. The first-order chi connectivity index (χ1) is 9.65. The standard InChI is InChI=1S/C14H16ClN3O2.ClH/c15-10-1-2-12-11(5-10)14(20)18(8-17-12)7-9-3-4-16-6-13(9)19;/h1-2,5,8-9,13,16,19H,3-4,6-7H2;1H/t9-,13+;/m0./s1.